The lowest BCUT2D eigenvalue weighted by Gasteiger charge is -2.35. The molecular formula is C22H39FIN5O. The third-order valence-corrected chi connectivity index (χ3v) is 5.54. The number of hydrogen-bond donors (Lipinski definition) is 2. The molecule has 1 saturated heterocycles. The highest BCUT2D eigenvalue weighted by molar-refractivity contribution is 14.0. The van der Waals surface area contributed by atoms with Crippen molar-refractivity contribution in [3.8, 4) is 0 Å². The van der Waals surface area contributed by atoms with Gasteiger partial charge in [-0.05, 0) is 58.0 Å². The summed E-state index contributed by atoms with van der Waals surface area (Å²) in [6.07, 6.45) is 2.26. The Hall–Kier alpha value is -0.970. The van der Waals surface area contributed by atoms with E-state index in [4.69, 9.17) is 4.74 Å². The predicted octanol–water partition coefficient (Wildman–Crippen LogP) is 3.10. The average Bonchev–Trinajstić information content (AvgIpc) is 2.73. The Kier molecular flexibility index (Phi) is 13.5. The van der Waals surface area contributed by atoms with E-state index in [1.165, 1.54) is 12.1 Å². The Bertz CT molecular complexity index is 608. The van der Waals surface area contributed by atoms with Crippen molar-refractivity contribution in [3.63, 3.8) is 0 Å². The molecule has 1 aromatic carbocycles. The van der Waals surface area contributed by atoms with Crippen LogP contribution in [-0.4, -0.2) is 81.8 Å². The zero-order chi connectivity index (χ0) is 21.1. The van der Waals surface area contributed by atoms with E-state index >= 15 is 0 Å². The van der Waals surface area contributed by atoms with Gasteiger partial charge in [-0.3, -0.25) is 9.89 Å². The standard InChI is InChI=1S/C22H38FN5O.HI/c1-18(2)27(4)12-6-5-11-25-22(24-3)26-17-21(28-13-15-29-16-14-28)19-7-9-20(23)10-8-19;/h7-10,18,21H,5-6,11-17H2,1-4H3,(H2,24,25,26);1H. The van der Waals surface area contributed by atoms with Crippen LogP contribution in [0.2, 0.25) is 0 Å². The fourth-order valence-electron chi connectivity index (χ4n) is 3.40. The summed E-state index contributed by atoms with van der Waals surface area (Å²) in [6.45, 7) is 10.4. The normalized spacial score (nSPS) is 16.4. The van der Waals surface area contributed by atoms with Crippen LogP contribution in [0.5, 0.6) is 0 Å². The van der Waals surface area contributed by atoms with E-state index in [0.29, 0.717) is 12.6 Å². The van der Waals surface area contributed by atoms with Crippen LogP contribution in [0.3, 0.4) is 0 Å². The smallest absolute Gasteiger partial charge is 0.191 e. The second kappa shape index (κ2) is 14.9. The topological polar surface area (TPSA) is 52.1 Å². The molecule has 2 N–H and O–H groups in total. The van der Waals surface area contributed by atoms with E-state index in [-0.39, 0.29) is 35.8 Å². The Morgan fingerprint density at radius 1 is 1.17 bits per heavy atom. The molecule has 1 heterocycles. The molecule has 6 nitrogen and oxygen atoms in total. The van der Waals surface area contributed by atoms with Crippen LogP contribution < -0.4 is 10.6 Å². The maximum Gasteiger partial charge on any atom is 0.191 e. The van der Waals surface area contributed by atoms with E-state index < -0.39 is 0 Å². The van der Waals surface area contributed by atoms with E-state index in [2.05, 4.69) is 46.3 Å². The van der Waals surface area contributed by atoms with Crippen molar-refractivity contribution in [1.82, 2.24) is 20.4 Å². The summed E-state index contributed by atoms with van der Waals surface area (Å²) in [6, 6.07) is 7.55. The minimum Gasteiger partial charge on any atom is -0.379 e. The lowest BCUT2D eigenvalue weighted by molar-refractivity contribution is 0.0170. The molecule has 1 aliphatic heterocycles. The second-order valence-electron chi connectivity index (χ2n) is 7.88. The SMILES string of the molecule is CN=C(NCCCCN(C)C(C)C)NCC(c1ccc(F)cc1)N1CCOCC1.I. The summed E-state index contributed by atoms with van der Waals surface area (Å²) in [5, 5.41) is 6.86. The van der Waals surface area contributed by atoms with E-state index in [9.17, 15) is 4.39 Å². The molecule has 30 heavy (non-hydrogen) atoms. The van der Waals surface area contributed by atoms with Gasteiger partial charge in [-0.1, -0.05) is 12.1 Å². The molecule has 0 aliphatic carbocycles. The maximum absolute atomic E-state index is 13.4. The van der Waals surface area contributed by atoms with Gasteiger partial charge in [-0.2, -0.15) is 0 Å². The first-order chi connectivity index (χ1) is 14.0. The van der Waals surface area contributed by atoms with Crippen molar-refractivity contribution in [2.75, 3.05) is 60.0 Å². The Labute approximate surface area is 198 Å². The fraction of sp³-hybridized carbons (Fsp3) is 0.682. The maximum atomic E-state index is 13.4. The van der Waals surface area contributed by atoms with Crippen LogP contribution in [0.1, 0.15) is 38.3 Å². The van der Waals surface area contributed by atoms with Crippen LogP contribution in [0.25, 0.3) is 0 Å². The highest BCUT2D eigenvalue weighted by Gasteiger charge is 2.23. The number of ether oxygens (including phenoxy) is 1. The van der Waals surface area contributed by atoms with Crippen LogP contribution in [0.4, 0.5) is 4.39 Å². The van der Waals surface area contributed by atoms with Crippen molar-refractivity contribution in [2.24, 2.45) is 4.99 Å². The summed E-state index contributed by atoms with van der Waals surface area (Å²) in [4.78, 5) is 9.11. The van der Waals surface area contributed by atoms with Gasteiger partial charge in [-0.25, -0.2) is 4.39 Å². The fourth-order valence-corrected chi connectivity index (χ4v) is 3.40. The van der Waals surface area contributed by atoms with Crippen LogP contribution in [-0.2, 0) is 4.74 Å². The lowest BCUT2D eigenvalue weighted by atomic mass is 10.0. The molecule has 172 valence electrons. The highest BCUT2D eigenvalue weighted by atomic mass is 127. The molecule has 1 aliphatic rings. The number of guanidine groups is 1. The van der Waals surface area contributed by atoms with E-state index in [1.807, 2.05) is 12.1 Å². The van der Waals surface area contributed by atoms with Gasteiger partial charge in [-0.15, -0.1) is 24.0 Å². The molecule has 0 aromatic heterocycles. The average molecular weight is 535 g/mol. The monoisotopic (exact) mass is 535 g/mol. The molecule has 0 saturated carbocycles. The molecule has 0 radical (unpaired) electrons. The number of hydrogen-bond acceptors (Lipinski definition) is 4. The zero-order valence-corrected chi connectivity index (χ0v) is 21.2. The molecule has 0 spiro atoms. The minimum absolute atomic E-state index is 0. The van der Waals surface area contributed by atoms with E-state index in [0.717, 1.165) is 63.8 Å². The number of nitrogens with one attached hydrogen (secondary N) is 2. The number of halogens is 2. The summed E-state index contributed by atoms with van der Waals surface area (Å²) in [7, 11) is 3.96. The lowest BCUT2D eigenvalue weighted by Crippen LogP contribution is -2.46. The van der Waals surface area contributed by atoms with Crippen molar-refractivity contribution in [2.45, 2.75) is 38.8 Å². The number of rotatable bonds is 10. The molecular weight excluding hydrogens is 496 g/mol. The Balaban J connectivity index is 0.00000450. The Morgan fingerprint density at radius 2 is 1.83 bits per heavy atom. The van der Waals surface area contributed by atoms with Gasteiger partial charge in [0.15, 0.2) is 5.96 Å². The predicted molar refractivity (Wildman–Crippen MR) is 133 cm³/mol. The number of nitrogens with zero attached hydrogens (tertiary/aromatic N) is 3. The third kappa shape index (κ3) is 9.45. The first kappa shape index (κ1) is 27.1. The zero-order valence-electron chi connectivity index (χ0n) is 18.9. The highest BCUT2D eigenvalue weighted by Crippen LogP contribution is 2.21. The second-order valence-corrected chi connectivity index (χ2v) is 7.88. The quantitative estimate of drug-likeness (QED) is 0.209. The van der Waals surface area contributed by atoms with Crippen molar-refractivity contribution >= 4 is 29.9 Å². The van der Waals surface area contributed by atoms with Crippen LogP contribution in [0, 0.1) is 5.82 Å². The van der Waals surface area contributed by atoms with Crippen molar-refractivity contribution in [1.29, 1.82) is 0 Å². The minimum atomic E-state index is -0.206. The number of benzene rings is 1. The summed E-state index contributed by atoms with van der Waals surface area (Å²) >= 11 is 0. The van der Waals surface area contributed by atoms with Gasteiger partial charge in [0.25, 0.3) is 0 Å². The number of unbranched alkanes of at least 4 members (excludes halogenated alkanes) is 1. The molecule has 2 rings (SSSR count). The largest absolute Gasteiger partial charge is 0.379 e. The van der Waals surface area contributed by atoms with Gasteiger partial charge >= 0.3 is 0 Å². The summed E-state index contributed by atoms with van der Waals surface area (Å²) in [5.74, 6) is 0.602. The summed E-state index contributed by atoms with van der Waals surface area (Å²) < 4.78 is 18.9. The summed E-state index contributed by atoms with van der Waals surface area (Å²) in [5.41, 5.74) is 1.10. The molecule has 1 aromatic rings. The van der Waals surface area contributed by atoms with Crippen LogP contribution >= 0.6 is 24.0 Å². The molecule has 0 amide bonds. The van der Waals surface area contributed by atoms with Crippen molar-refractivity contribution < 1.29 is 9.13 Å². The molecule has 1 unspecified atom stereocenters. The molecule has 1 atom stereocenters. The van der Waals surface area contributed by atoms with Crippen molar-refractivity contribution in [3.05, 3.63) is 35.6 Å². The Morgan fingerprint density at radius 3 is 2.43 bits per heavy atom. The van der Waals surface area contributed by atoms with Gasteiger partial charge < -0.3 is 20.3 Å². The molecule has 8 heteroatoms. The number of aliphatic imine (C=N–C) groups is 1. The van der Waals surface area contributed by atoms with E-state index in [1.54, 1.807) is 7.05 Å². The van der Waals surface area contributed by atoms with Crippen LogP contribution in [0.15, 0.2) is 29.3 Å². The first-order valence-corrected chi connectivity index (χ1v) is 10.7. The van der Waals surface area contributed by atoms with Gasteiger partial charge in [0.05, 0.1) is 19.3 Å². The van der Waals surface area contributed by atoms with Gasteiger partial charge in [0.2, 0.25) is 0 Å². The number of morpholine rings is 1. The third-order valence-electron chi connectivity index (χ3n) is 5.54. The van der Waals surface area contributed by atoms with Gasteiger partial charge in [0, 0.05) is 39.3 Å². The molecule has 0 bridgehead atoms. The first-order valence-electron chi connectivity index (χ1n) is 10.7. The van der Waals surface area contributed by atoms with Gasteiger partial charge in [0.1, 0.15) is 5.82 Å². The molecule has 1 fully saturated rings.